The van der Waals surface area contributed by atoms with E-state index in [9.17, 15) is 9.90 Å². The first kappa shape index (κ1) is 13.4. The van der Waals surface area contributed by atoms with E-state index < -0.39 is 11.7 Å². The molecule has 0 aliphatic carbocycles. The molecule has 6 heteroatoms. The second-order valence-corrected chi connectivity index (χ2v) is 4.65. The normalized spacial score (nSPS) is 12.4. The third-order valence-electron chi connectivity index (χ3n) is 2.99. The average molecular weight is 286 g/mol. The SMILES string of the molecule is O=c1ccc2ccc(OCC(O)Cn3cccn3)cc2o1. The van der Waals surface area contributed by atoms with Crippen LogP contribution in [0.2, 0.25) is 0 Å². The van der Waals surface area contributed by atoms with E-state index in [1.165, 1.54) is 6.07 Å². The molecule has 1 unspecified atom stereocenters. The summed E-state index contributed by atoms with van der Waals surface area (Å²) in [6.45, 7) is 0.484. The van der Waals surface area contributed by atoms with E-state index in [2.05, 4.69) is 5.10 Å². The van der Waals surface area contributed by atoms with Crippen LogP contribution in [-0.2, 0) is 6.54 Å². The molecule has 6 nitrogen and oxygen atoms in total. The summed E-state index contributed by atoms with van der Waals surface area (Å²) in [6, 6.07) is 10.1. The molecule has 0 saturated carbocycles. The van der Waals surface area contributed by atoms with E-state index in [-0.39, 0.29) is 6.61 Å². The number of aromatic nitrogens is 2. The van der Waals surface area contributed by atoms with Crippen LogP contribution >= 0.6 is 0 Å². The van der Waals surface area contributed by atoms with Crippen LogP contribution in [0.4, 0.5) is 0 Å². The standard InChI is InChI=1S/C15H14N2O4/c18-12(9-17-7-1-6-16-17)10-20-13-4-2-11-3-5-15(19)21-14(11)8-13/h1-8,12,18H,9-10H2. The molecular formula is C15H14N2O4. The van der Waals surface area contributed by atoms with E-state index in [0.717, 1.165) is 5.39 Å². The van der Waals surface area contributed by atoms with Gasteiger partial charge in [-0.15, -0.1) is 0 Å². The summed E-state index contributed by atoms with van der Waals surface area (Å²) in [6.07, 6.45) is 2.75. The van der Waals surface area contributed by atoms with Gasteiger partial charge in [0.1, 0.15) is 24.0 Å². The van der Waals surface area contributed by atoms with Gasteiger partial charge in [0.25, 0.3) is 0 Å². The van der Waals surface area contributed by atoms with E-state index in [0.29, 0.717) is 17.9 Å². The van der Waals surface area contributed by atoms with Crippen molar-refractivity contribution in [3.05, 3.63) is 59.2 Å². The van der Waals surface area contributed by atoms with Crippen molar-refractivity contribution in [2.45, 2.75) is 12.6 Å². The zero-order chi connectivity index (χ0) is 14.7. The molecule has 0 aliphatic rings. The minimum atomic E-state index is -0.677. The van der Waals surface area contributed by atoms with Crippen molar-refractivity contribution >= 4 is 11.0 Å². The van der Waals surface area contributed by atoms with Crippen LogP contribution in [0.3, 0.4) is 0 Å². The van der Waals surface area contributed by atoms with E-state index >= 15 is 0 Å². The van der Waals surface area contributed by atoms with Crippen LogP contribution in [0.1, 0.15) is 0 Å². The Morgan fingerprint density at radius 3 is 3.00 bits per heavy atom. The van der Waals surface area contributed by atoms with Crippen LogP contribution in [-0.4, -0.2) is 27.6 Å². The summed E-state index contributed by atoms with van der Waals surface area (Å²) in [5, 5.41) is 14.7. The highest BCUT2D eigenvalue weighted by molar-refractivity contribution is 5.77. The fourth-order valence-electron chi connectivity index (χ4n) is 2.00. The fraction of sp³-hybridized carbons (Fsp3) is 0.200. The molecule has 1 atom stereocenters. The highest BCUT2D eigenvalue weighted by Crippen LogP contribution is 2.19. The van der Waals surface area contributed by atoms with Gasteiger partial charge in [-0.3, -0.25) is 4.68 Å². The molecule has 2 heterocycles. The molecule has 0 saturated heterocycles. The van der Waals surface area contributed by atoms with Crippen LogP contribution < -0.4 is 10.4 Å². The van der Waals surface area contributed by atoms with E-state index in [4.69, 9.17) is 9.15 Å². The second-order valence-electron chi connectivity index (χ2n) is 4.65. The lowest BCUT2D eigenvalue weighted by Gasteiger charge is -2.12. The molecule has 1 aromatic carbocycles. The van der Waals surface area contributed by atoms with Gasteiger partial charge in [0.15, 0.2) is 0 Å². The Balaban J connectivity index is 1.66. The monoisotopic (exact) mass is 286 g/mol. The van der Waals surface area contributed by atoms with Gasteiger partial charge in [0, 0.05) is 29.9 Å². The first-order valence-corrected chi connectivity index (χ1v) is 6.53. The molecule has 0 fully saturated rings. The average Bonchev–Trinajstić information content (AvgIpc) is 2.97. The molecule has 108 valence electrons. The number of aliphatic hydroxyl groups is 1. The van der Waals surface area contributed by atoms with Gasteiger partial charge in [-0.05, 0) is 24.3 Å². The number of ether oxygens (including phenoxy) is 1. The van der Waals surface area contributed by atoms with Gasteiger partial charge in [-0.25, -0.2) is 4.79 Å². The summed E-state index contributed by atoms with van der Waals surface area (Å²) < 4.78 is 12.2. The molecule has 1 N–H and O–H groups in total. The summed E-state index contributed by atoms with van der Waals surface area (Å²) in [4.78, 5) is 11.2. The maximum Gasteiger partial charge on any atom is 0.336 e. The molecular weight excluding hydrogens is 272 g/mol. The highest BCUT2D eigenvalue weighted by atomic mass is 16.5. The number of hydrogen-bond acceptors (Lipinski definition) is 5. The van der Waals surface area contributed by atoms with Gasteiger partial charge in [-0.2, -0.15) is 5.10 Å². The molecule has 21 heavy (non-hydrogen) atoms. The molecule has 3 aromatic rings. The lowest BCUT2D eigenvalue weighted by atomic mass is 10.2. The molecule has 3 rings (SSSR count). The van der Waals surface area contributed by atoms with Crippen LogP contribution in [0.15, 0.2) is 58.0 Å². The fourth-order valence-corrected chi connectivity index (χ4v) is 2.00. The van der Waals surface area contributed by atoms with Crippen molar-refractivity contribution in [2.75, 3.05) is 6.61 Å². The zero-order valence-electron chi connectivity index (χ0n) is 11.2. The number of rotatable bonds is 5. The molecule has 2 aromatic heterocycles. The second kappa shape index (κ2) is 5.80. The van der Waals surface area contributed by atoms with Crippen molar-refractivity contribution in [1.29, 1.82) is 0 Å². The minimum absolute atomic E-state index is 0.127. The lowest BCUT2D eigenvalue weighted by Crippen LogP contribution is -2.23. The number of aliphatic hydroxyl groups excluding tert-OH is 1. The smallest absolute Gasteiger partial charge is 0.336 e. The largest absolute Gasteiger partial charge is 0.491 e. The summed E-state index contributed by atoms with van der Waals surface area (Å²) in [5.41, 5.74) is 0.0555. The predicted octanol–water partition coefficient (Wildman–Crippen LogP) is 1.43. The number of fused-ring (bicyclic) bond motifs is 1. The Hall–Kier alpha value is -2.60. The summed E-state index contributed by atoms with van der Waals surface area (Å²) in [5.74, 6) is 0.538. The number of nitrogens with zero attached hydrogens (tertiary/aromatic N) is 2. The van der Waals surface area contributed by atoms with Crippen molar-refractivity contribution in [1.82, 2.24) is 9.78 Å². The lowest BCUT2D eigenvalue weighted by molar-refractivity contribution is 0.0893. The topological polar surface area (TPSA) is 77.5 Å². The Morgan fingerprint density at radius 1 is 1.33 bits per heavy atom. The number of benzene rings is 1. The van der Waals surface area contributed by atoms with Crippen LogP contribution in [0.5, 0.6) is 5.75 Å². The van der Waals surface area contributed by atoms with E-state index in [1.54, 1.807) is 47.4 Å². The number of hydrogen-bond donors (Lipinski definition) is 1. The molecule has 0 aliphatic heterocycles. The van der Waals surface area contributed by atoms with Crippen molar-refractivity contribution < 1.29 is 14.3 Å². The van der Waals surface area contributed by atoms with Crippen molar-refractivity contribution in [2.24, 2.45) is 0 Å². The molecule has 0 bridgehead atoms. The van der Waals surface area contributed by atoms with Crippen molar-refractivity contribution in [3.8, 4) is 5.75 Å². The zero-order valence-corrected chi connectivity index (χ0v) is 11.2. The third kappa shape index (κ3) is 3.29. The Bertz CT molecular complexity index is 780. The van der Waals surface area contributed by atoms with Crippen LogP contribution in [0.25, 0.3) is 11.0 Å². The highest BCUT2D eigenvalue weighted by Gasteiger charge is 2.07. The first-order chi connectivity index (χ1) is 10.2. The Morgan fingerprint density at radius 2 is 2.19 bits per heavy atom. The first-order valence-electron chi connectivity index (χ1n) is 6.53. The van der Waals surface area contributed by atoms with E-state index in [1.807, 2.05) is 0 Å². The molecule has 0 radical (unpaired) electrons. The van der Waals surface area contributed by atoms with Crippen LogP contribution in [0, 0.1) is 0 Å². The minimum Gasteiger partial charge on any atom is -0.491 e. The van der Waals surface area contributed by atoms with Gasteiger partial charge < -0.3 is 14.3 Å². The van der Waals surface area contributed by atoms with Gasteiger partial charge in [-0.1, -0.05) is 0 Å². The van der Waals surface area contributed by atoms with Crippen molar-refractivity contribution in [3.63, 3.8) is 0 Å². The van der Waals surface area contributed by atoms with Gasteiger partial charge >= 0.3 is 5.63 Å². The molecule has 0 spiro atoms. The summed E-state index contributed by atoms with van der Waals surface area (Å²) in [7, 11) is 0. The Labute approximate surface area is 120 Å². The summed E-state index contributed by atoms with van der Waals surface area (Å²) >= 11 is 0. The quantitative estimate of drug-likeness (QED) is 0.718. The molecule has 0 amide bonds. The van der Waals surface area contributed by atoms with Gasteiger partial charge in [0.2, 0.25) is 0 Å². The van der Waals surface area contributed by atoms with Gasteiger partial charge in [0.05, 0.1) is 6.54 Å². The Kier molecular flexibility index (Phi) is 3.70. The maximum atomic E-state index is 11.2. The third-order valence-corrected chi connectivity index (χ3v) is 2.99. The maximum absolute atomic E-state index is 11.2. The predicted molar refractivity (Wildman–Crippen MR) is 76.2 cm³/mol.